The summed E-state index contributed by atoms with van der Waals surface area (Å²) in [5.74, 6) is 0.797. The van der Waals surface area contributed by atoms with Crippen molar-refractivity contribution in [2.75, 3.05) is 13.1 Å². The first kappa shape index (κ1) is 18.4. The van der Waals surface area contributed by atoms with Crippen LogP contribution in [-0.2, 0) is 0 Å². The number of imidazole rings is 1. The number of benzene rings is 3. The zero-order chi connectivity index (χ0) is 20.3. The molecule has 0 unspecified atom stereocenters. The Labute approximate surface area is 175 Å². The number of nitrogens with zero attached hydrogens (tertiary/aromatic N) is 3. The molecule has 150 valence electrons. The number of hydrogen-bond donors (Lipinski definition) is 0. The standard InChI is InChI=1S/C25H23N3O2/c29-24(27-16-8-3-9-17-27)19-14-15-23-22(18-19)26-25(30-21-12-6-2-7-13-21)28(23)20-10-4-1-5-11-20/h1-2,4-7,10-15,18H,3,8-9,16-17H2. The largest absolute Gasteiger partial charge is 0.425 e. The second-order valence-corrected chi connectivity index (χ2v) is 7.54. The average molecular weight is 397 g/mol. The normalized spacial score (nSPS) is 14.1. The Morgan fingerprint density at radius 1 is 0.833 bits per heavy atom. The second kappa shape index (κ2) is 8.03. The van der Waals surface area contributed by atoms with Gasteiger partial charge in [0.25, 0.3) is 5.91 Å². The van der Waals surface area contributed by atoms with Gasteiger partial charge in [-0.2, -0.15) is 4.98 Å². The topological polar surface area (TPSA) is 47.4 Å². The summed E-state index contributed by atoms with van der Waals surface area (Å²) in [5.41, 5.74) is 3.28. The number of piperidine rings is 1. The SMILES string of the molecule is O=C(c1ccc2c(c1)nc(Oc1ccccc1)n2-c1ccccc1)N1CCCCC1. The van der Waals surface area contributed by atoms with Crippen molar-refractivity contribution in [3.05, 3.63) is 84.4 Å². The lowest BCUT2D eigenvalue weighted by atomic mass is 10.1. The van der Waals surface area contributed by atoms with Gasteiger partial charge >= 0.3 is 6.01 Å². The maximum atomic E-state index is 13.0. The zero-order valence-electron chi connectivity index (χ0n) is 16.7. The molecule has 0 atom stereocenters. The van der Waals surface area contributed by atoms with Crippen LogP contribution in [0.3, 0.4) is 0 Å². The molecule has 0 aliphatic carbocycles. The van der Waals surface area contributed by atoms with Crippen molar-refractivity contribution in [3.63, 3.8) is 0 Å². The quantitative estimate of drug-likeness (QED) is 0.460. The van der Waals surface area contributed by atoms with Crippen molar-refractivity contribution in [2.24, 2.45) is 0 Å². The highest BCUT2D eigenvalue weighted by molar-refractivity contribution is 5.97. The van der Waals surface area contributed by atoms with Crippen molar-refractivity contribution < 1.29 is 9.53 Å². The number of aromatic nitrogens is 2. The van der Waals surface area contributed by atoms with Crippen LogP contribution < -0.4 is 4.74 Å². The molecule has 4 aromatic rings. The van der Waals surface area contributed by atoms with Crippen LogP contribution in [0.2, 0.25) is 0 Å². The van der Waals surface area contributed by atoms with Gasteiger partial charge in [0.2, 0.25) is 0 Å². The summed E-state index contributed by atoms with van der Waals surface area (Å²) < 4.78 is 8.11. The van der Waals surface area contributed by atoms with Gasteiger partial charge in [0.05, 0.1) is 16.7 Å². The summed E-state index contributed by atoms with van der Waals surface area (Å²) in [6.45, 7) is 1.66. The smallest absolute Gasteiger partial charge is 0.307 e. The molecule has 3 aromatic carbocycles. The average Bonchev–Trinajstić information content (AvgIpc) is 3.17. The summed E-state index contributed by atoms with van der Waals surface area (Å²) >= 11 is 0. The molecule has 1 aliphatic rings. The highest BCUT2D eigenvalue weighted by atomic mass is 16.5. The molecule has 1 aliphatic heterocycles. The van der Waals surface area contributed by atoms with Crippen LogP contribution in [0.4, 0.5) is 0 Å². The first-order chi connectivity index (χ1) is 14.8. The van der Waals surface area contributed by atoms with E-state index in [0.29, 0.717) is 11.6 Å². The van der Waals surface area contributed by atoms with E-state index < -0.39 is 0 Å². The third kappa shape index (κ3) is 3.54. The zero-order valence-corrected chi connectivity index (χ0v) is 16.7. The van der Waals surface area contributed by atoms with Crippen molar-refractivity contribution in [2.45, 2.75) is 19.3 Å². The fraction of sp³-hybridized carbons (Fsp3) is 0.200. The van der Waals surface area contributed by atoms with Crippen LogP contribution in [0, 0.1) is 0 Å². The monoisotopic (exact) mass is 397 g/mol. The molecule has 5 nitrogen and oxygen atoms in total. The minimum Gasteiger partial charge on any atom is -0.425 e. The molecule has 1 aromatic heterocycles. The van der Waals surface area contributed by atoms with Crippen molar-refractivity contribution in [3.8, 4) is 17.4 Å². The molecule has 5 rings (SSSR count). The summed E-state index contributed by atoms with van der Waals surface area (Å²) in [5, 5.41) is 0. The third-order valence-electron chi connectivity index (χ3n) is 5.48. The Kier molecular flexibility index (Phi) is 4.93. The summed E-state index contributed by atoms with van der Waals surface area (Å²) in [6.07, 6.45) is 3.35. The Morgan fingerprint density at radius 2 is 1.53 bits per heavy atom. The number of carbonyl (C=O) groups excluding carboxylic acids is 1. The number of likely N-dealkylation sites (tertiary alicyclic amines) is 1. The Bertz CT molecular complexity index is 1160. The Morgan fingerprint density at radius 3 is 2.27 bits per heavy atom. The van der Waals surface area contributed by atoms with Gasteiger partial charge in [0.1, 0.15) is 5.75 Å². The van der Waals surface area contributed by atoms with Gasteiger partial charge in [-0.15, -0.1) is 0 Å². The predicted molar refractivity (Wildman–Crippen MR) is 117 cm³/mol. The molecule has 0 spiro atoms. The number of fused-ring (bicyclic) bond motifs is 1. The van der Waals surface area contributed by atoms with Crippen molar-refractivity contribution in [1.29, 1.82) is 0 Å². The highest BCUT2D eigenvalue weighted by Crippen LogP contribution is 2.30. The Hall–Kier alpha value is -3.60. The molecule has 5 heteroatoms. The van der Waals surface area contributed by atoms with Crippen molar-refractivity contribution >= 4 is 16.9 Å². The summed E-state index contributed by atoms with van der Waals surface area (Å²) in [4.78, 5) is 19.6. The number of amides is 1. The molecule has 1 saturated heterocycles. The lowest BCUT2D eigenvalue weighted by Gasteiger charge is -2.26. The van der Waals surface area contributed by atoms with E-state index in [1.165, 1.54) is 6.42 Å². The van der Waals surface area contributed by atoms with E-state index in [4.69, 9.17) is 9.72 Å². The molecule has 0 saturated carbocycles. The van der Waals surface area contributed by atoms with Crippen LogP contribution in [-0.4, -0.2) is 33.4 Å². The van der Waals surface area contributed by atoms with Crippen LogP contribution in [0.1, 0.15) is 29.6 Å². The van der Waals surface area contributed by atoms with E-state index in [-0.39, 0.29) is 5.91 Å². The van der Waals surface area contributed by atoms with E-state index in [1.54, 1.807) is 0 Å². The molecule has 1 amide bonds. The minimum atomic E-state index is 0.0800. The number of para-hydroxylation sites is 2. The molecule has 0 radical (unpaired) electrons. The minimum absolute atomic E-state index is 0.0800. The number of ether oxygens (including phenoxy) is 1. The van der Waals surface area contributed by atoms with Gasteiger partial charge in [-0.05, 0) is 61.7 Å². The van der Waals surface area contributed by atoms with E-state index >= 15 is 0 Å². The molecule has 0 N–H and O–H groups in total. The van der Waals surface area contributed by atoms with Crippen molar-refractivity contribution in [1.82, 2.24) is 14.5 Å². The first-order valence-corrected chi connectivity index (χ1v) is 10.4. The van der Waals surface area contributed by atoms with Gasteiger partial charge < -0.3 is 9.64 Å². The second-order valence-electron chi connectivity index (χ2n) is 7.54. The molecular weight excluding hydrogens is 374 g/mol. The van der Waals surface area contributed by atoms with Gasteiger partial charge in [0.15, 0.2) is 0 Å². The highest BCUT2D eigenvalue weighted by Gasteiger charge is 2.21. The lowest BCUT2D eigenvalue weighted by Crippen LogP contribution is -2.35. The van der Waals surface area contributed by atoms with E-state index in [9.17, 15) is 4.79 Å². The Balaban J connectivity index is 1.58. The molecule has 1 fully saturated rings. The van der Waals surface area contributed by atoms with Gasteiger partial charge in [0, 0.05) is 18.7 Å². The molecule has 30 heavy (non-hydrogen) atoms. The van der Waals surface area contributed by atoms with Crippen LogP contribution in [0.5, 0.6) is 11.8 Å². The maximum Gasteiger partial charge on any atom is 0.307 e. The van der Waals surface area contributed by atoms with E-state index in [0.717, 1.165) is 48.4 Å². The van der Waals surface area contributed by atoms with E-state index in [1.807, 2.05) is 88.3 Å². The number of hydrogen-bond acceptors (Lipinski definition) is 3. The van der Waals surface area contributed by atoms with Crippen LogP contribution >= 0.6 is 0 Å². The van der Waals surface area contributed by atoms with Crippen LogP contribution in [0.25, 0.3) is 16.7 Å². The molecule has 2 heterocycles. The fourth-order valence-electron chi connectivity index (χ4n) is 3.96. The summed E-state index contributed by atoms with van der Waals surface area (Å²) in [7, 11) is 0. The van der Waals surface area contributed by atoms with Gasteiger partial charge in [-0.1, -0.05) is 36.4 Å². The van der Waals surface area contributed by atoms with Gasteiger partial charge in [-0.3, -0.25) is 9.36 Å². The lowest BCUT2D eigenvalue weighted by molar-refractivity contribution is 0.0724. The third-order valence-corrected chi connectivity index (χ3v) is 5.48. The first-order valence-electron chi connectivity index (χ1n) is 10.4. The van der Waals surface area contributed by atoms with Gasteiger partial charge in [-0.25, -0.2) is 0 Å². The molecule has 0 bridgehead atoms. The fourth-order valence-corrected chi connectivity index (χ4v) is 3.96. The predicted octanol–water partition coefficient (Wildman–Crippen LogP) is 5.44. The number of rotatable bonds is 4. The number of carbonyl (C=O) groups is 1. The van der Waals surface area contributed by atoms with E-state index in [2.05, 4.69) is 0 Å². The molecular formula is C25H23N3O2. The summed E-state index contributed by atoms with van der Waals surface area (Å²) in [6, 6.07) is 25.8. The maximum absolute atomic E-state index is 13.0. The van der Waals surface area contributed by atoms with Crippen LogP contribution in [0.15, 0.2) is 78.9 Å².